The highest BCUT2D eigenvalue weighted by atomic mass is 32.1. The number of anilines is 2. The Labute approximate surface area is 159 Å². The quantitative estimate of drug-likeness (QED) is 0.614. The predicted octanol–water partition coefficient (Wildman–Crippen LogP) is 4.32. The number of carbonyl (C=O) groups is 3. The van der Waals surface area contributed by atoms with Crippen molar-refractivity contribution in [2.24, 2.45) is 0 Å². The average Bonchev–Trinajstić information content (AvgIpc) is 3.06. The number of carbonyl (C=O) groups excluding carboxylic acids is 2. The van der Waals surface area contributed by atoms with Crippen molar-refractivity contribution in [3.05, 3.63) is 71.8 Å². The average molecular weight is 380 g/mol. The molecule has 6 nitrogen and oxygen atoms in total. The molecular formula is C20H16N2O4S. The molecule has 136 valence electrons. The van der Waals surface area contributed by atoms with Crippen LogP contribution in [-0.2, 0) is 4.79 Å². The van der Waals surface area contributed by atoms with Gasteiger partial charge in [0.25, 0.3) is 5.91 Å². The van der Waals surface area contributed by atoms with Gasteiger partial charge in [-0.2, -0.15) is 0 Å². The Morgan fingerprint density at radius 2 is 1.67 bits per heavy atom. The molecule has 0 saturated carbocycles. The van der Waals surface area contributed by atoms with E-state index < -0.39 is 11.9 Å². The van der Waals surface area contributed by atoms with Crippen LogP contribution in [0.1, 0.15) is 27.6 Å². The number of carboxylic acids is 1. The number of aromatic carboxylic acids is 1. The molecule has 27 heavy (non-hydrogen) atoms. The van der Waals surface area contributed by atoms with Gasteiger partial charge in [-0.3, -0.25) is 9.59 Å². The van der Waals surface area contributed by atoms with E-state index in [2.05, 4.69) is 10.6 Å². The van der Waals surface area contributed by atoms with Crippen LogP contribution in [0.3, 0.4) is 0 Å². The number of hydrogen-bond donors (Lipinski definition) is 3. The lowest BCUT2D eigenvalue weighted by Gasteiger charge is -2.07. The Kier molecular flexibility index (Phi) is 5.33. The molecule has 0 bridgehead atoms. The fraction of sp³-hybridized carbons (Fsp3) is 0.0500. The summed E-state index contributed by atoms with van der Waals surface area (Å²) in [7, 11) is 0. The van der Waals surface area contributed by atoms with Crippen LogP contribution < -0.4 is 10.6 Å². The molecule has 0 spiro atoms. The summed E-state index contributed by atoms with van der Waals surface area (Å²) in [5, 5.41) is 15.0. The van der Waals surface area contributed by atoms with Gasteiger partial charge in [-0.15, -0.1) is 11.3 Å². The summed E-state index contributed by atoms with van der Waals surface area (Å²) in [6.07, 6.45) is 0. The number of hydrogen-bond acceptors (Lipinski definition) is 4. The first kappa shape index (κ1) is 18.3. The normalized spacial score (nSPS) is 10.3. The summed E-state index contributed by atoms with van der Waals surface area (Å²) in [5.74, 6) is -1.81. The van der Waals surface area contributed by atoms with Crippen molar-refractivity contribution in [3.8, 4) is 10.4 Å². The van der Waals surface area contributed by atoms with Gasteiger partial charge in [0.05, 0.1) is 5.56 Å². The molecule has 1 heterocycles. The second kappa shape index (κ2) is 7.84. The summed E-state index contributed by atoms with van der Waals surface area (Å²) in [5.41, 5.74) is 1.71. The Morgan fingerprint density at radius 3 is 2.33 bits per heavy atom. The molecule has 0 saturated heterocycles. The van der Waals surface area contributed by atoms with Gasteiger partial charge in [0, 0.05) is 23.1 Å². The van der Waals surface area contributed by atoms with Crippen molar-refractivity contribution in [1.29, 1.82) is 0 Å². The van der Waals surface area contributed by atoms with Gasteiger partial charge >= 0.3 is 5.97 Å². The van der Waals surface area contributed by atoms with Crippen molar-refractivity contribution in [3.63, 3.8) is 0 Å². The fourth-order valence-corrected chi connectivity index (χ4v) is 3.55. The first-order chi connectivity index (χ1) is 12.9. The number of carboxylic acid groups (broad SMARTS) is 1. The number of benzene rings is 2. The Hall–Kier alpha value is -3.45. The van der Waals surface area contributed by atoms with Crippen LogP contribution in [0.2, 0.25) is 0 Å². The minimum absolute atomic E-state index is 0.0326. The molecular weight excluding hydrogens is 364 g/mol. The zero-order valence-electron chi connectivity index (χ0n) is 14.4. The minimum Gasteiger partial charge on any atom is -0.478 e. The first-order valence-corrected chi connectivity index (χ1v) is 8.87. The van der Waals surface area contributed by atoms with Crippen LogP contribution in [0.5, 0.6) is 0 Å². The molecule has 3 aromatic rings. The van der Waals surface area contributed by atoms with Crippen LogP contribution in [0.25, 0.3) is 10.4 Å². The monoisotopic (exact) mass is 380 g/mol. The molecule has 2 amide bonds. The van der Waals surface area contributed by atoms with Crippen LogP contribution in [-0.4, -0.2) is 22.9 Å². The van der Waals surface area contributed by atoms with Crippen LogP contribution in [0, 0.1) is 0 Å². The van der Waals surface area contributed by atoms with Gasteiger partial charge in [0.15, 0.2) is 0 Å². The second-order valence-corrected chi connectivity index (χ2v) is 6.79. The SMILES string of the molecule is CC(=O)Nc1cccc(C(=O)Nc2sc(-c3ccccc3)cc2C(=O)O)c1. The molecule has 1 aromatic heterocycles. The number of thiophene rings is 1. The molecule has 3 rings (SSSR count). The van der Waals surface area contributed by atoms with Gasteiger partial charge in [-0.05, 0) is 29.8 Å². The van der Waals surface area contributed by atoms with Crippen molar-refractivity contribution in [2.45, 2.75) is 6.92 Å². The lowest BCUT2D eigenvalue weighted by molar-refractivity contribution is -0.114. The Bertz CT molecular complexity index is 1010. The third-order valence-corrected chi connectivity index (χ3v) is 4.79. The van der Waals surface area contributed by atoms with Gasteiger partial charge < -0.3 is 15.7 Å². The fourth-order valence-electron chi connectivity index (χ4n) is 2.50. The summed E-state index contributed by atoms with van der Waals surface area (Å²) in [6, 6.07) is 17.3. The molecule has 3 N–H and O–H groups in total. The van der Waals surface area contributed by atoms with Gasteiger partial charge in [-0.25, -0.2) is 4.79 Å². The third-order valence-electron chi connectivity index (χ3n) is 3.69. The molecule has 0 atom stereocenters. The second-order valence-electron chi connectivity index (χ2n) is 5.74. The van der Waals surface area contributed by atoms with E-state index >= 15 is 0 Å². The number of nitrogens with one attached hydrogen (secondary N) is 2. The van der Waals surface area contributed by atoms with E-state index in [1.807, 2.05) is 30.3 Å². The lowest BCUT2D eigenvalue weighted by Crippen LogP contribution is -2.14. The van der Waals surface area contributed by atoms with Gasteiger partial charge in [0.2, 0.25) is 5.91 Å². The highest BCUT2D eigenvalue weighted by molar-refractivity contribution is 7.20. The molecule has 0 radical (unpaired) electrons. The zero-order valence-corrected chi connectivity index (χ0v) is 15.2. The maximum atomic E-state index is 12.6. The van der Waals surface area contributed by atoms with Crippen LogP contribution >= 0.6 is 11.3 Å². The lowest BCUT2D eigenvalue weighted by atomic mass is 10.1. The molecule has 0 aliphatic rings. The van der Waals surface area contributed by atoms with Crippen LogP contribution in [0.4, 0.5) is 10.7 Å². The Morgan fingerprint density at radius 1 is 0.926 bits per heavy atom. The van der Waals surface area contributed by atoms with E-state index in [9.17, 15) is 19.5 Å². The van der Waals surface area contributed by atoms with E-state index in [0.29, 0.717) is 11.3 Å². The maximum absolute atomic E-state index is 12.6. The number of rotatable bonds is 5. The van der Waals surface area contributed by atoms with Gasteiger partial charge in [0.1, 0.15) is 5.00 Å². The summed E-state index contributed by atoms with van der Waals surface area (Å²) in [6.45, 7) is 1.38. The molecule has 0 aliphatic heterocycles. The standard InChI is InChI=1S/C20H16N2O4S/c1-12(23)21-15-9-5-8-14(10-15)18(24)22-19-16(20(25)26)11-17(27-19)13-6-3-2-4-7-13/h2-11H,1H3,(H,21,23)(H,22,24)(H,25,26). The van der Waals surface area contributed by atoms with E-state index in [4.69, 9.17) is 0 Å². The van der Waals surface area contributed by atoms with Crippen LogP contribution in [0.15, 0.2) is 60.7 Å². The molecule has 2 aromatic carbocycles. The van der Waals surface area contributed by atoms with E-state index in [1.54, 1.807) is 24.3 Å². The first-order valence-electron chi connectivity index (χ1n) is 8.05. The third kappa shape index (κ3) is 4.39. The summed E-state index contributed by atoms with van der Waals surface area (Å²) in [4.78, 5) is 36.0. The maximum Gasteiger partial charge on any atom is 0.338 e. The largest absolute Gasteiger partial charge is 0.478 e. The highest BCUT2D eigenvalue weighted by Crippen LogP contribution is 2.35. The predicted molar refractivity (Wildman–Crippen MR) is 105 cm³/mol. The van der Waals surface area contributed by atoms with E-state index in [-0.39, 0.29) is 16.5 Å². The summed E-state index contributed by atoms with van der Waals surface area (Å²) >= 11 is 1.20. The van der Waals surface area contributed by atoms with E-state index in [0.717, 1.165) is 10.4 Å². The van der Waals surface area contributed by atoms with Crippen molar-refractivity contribution in [1.82, 2.24) is 0 Å². The van der Waals surface area contributed by atoms with Crippen molar-refractivity contribution < 1.29 is 19.5 Å². The van der Waals surface area contributed by atoms with Crippen molar-refractivity contribution >= 4 is 39.8 Å². The van der Waals surface area contributed by atoms with E-state index in [1.165, 1.54) is 24.3 Å². The molecule has 0 fully saturated rings. The molecule has 7 heteroatoms. The smallest absolute Gasteiger partial charge is 0.338 e. The van der Waals surface area contributed by atoms with Crippen molar-refractivity contribution in [2.75, 3.05) is 10.6 Å². The zero-order chi connectivity index (χ0) is 19.4. The molecule has 0 aliphatic carbocycles. The summed E-state index contributed by atoms with van der Waals surface area (Å²) < 4.78 is 0. The molecule has 0 unspecified atom stereocenters. The minimum atomic E-state index is -1.12. The highest BCUT2D eigenvalue weighted by Gasteiger charge is 2.19. The Balaban J connectivity index is 1.88. The van der Waals surface area contributed by atoms with Gasteiger partial charge in [-0.1, -0.05) is 36.4 Å². The number of amides is 2. The topological polar surface area (TPSA) is 95.5 Å².